The first-order valence-electron chi connectivity index (χ1n) is 6.80. The van der Waals surface area contributed by atoms with Gasteiger partial charge in [0.15, 0.2) is 9.84 Å². The van der Waals surface area contributed by atoms with Gasteiger partial charge in [-0.2, -0.15) is 13.2 Å². The Kier molecular flexibility index (Phi) is 4.79. The molecule has 1 aromatic carbocycles. The predicted octanol–water partition coefficient (Wildman–Crippen LogP) is 2.33. The fourth-order valence-corrected chi connectivity index (χ4v) is 4.31. The van der Waals surface area contributed by atoms with E-state index in [0.29, 0.717) is 5.56 Å². The largest absolute Gasteiger partial charge is 0.397 e. The molecule has 1 fully saturated rings. The van der Waals surface area contributed by atoms with E-state index in [-0.39, 0.29) is 25.3 Å². The summed E-state index contributed by atoms with van der Waals surface area (Å²) in [6.45, 7) is -0.186. The van der Waals surface area contributed by atoms with E-state index in [0.717, 1.165) is 4.90 Å². The van der Waals surface area contributed by atoms with Gasteiger partial charge >= 0.3 is 6.18 Å². The van der Waals surface area contributed by atoms with Crippen molar-refractivity contribution in [3.05, 3.63) is 35.9 Å². The van der Waals surface area contributed by atoms with Crippen LogP contribution in [0.3, 0.4) is 0 Å². The maximum Gasteiger partial charge on any atom is 0.397 e. The molecule has 1 amide bonds. The maximum absolute atomic E-state index is 12.3. The first-order chi connectivity index (χ1) is 10.2. The van der Waals surface area contributed by atoms with Crippen LogP contribution < -0.4 is 0 Å². The van der Waals surface area contributed by atoms with Gasteiger partial charge in [0.05, 0.1) is 11.0 Å². The Morgan fingerprint density at radius 2 is 1.82 bits per heavy atom. The molecule has 2 rings (SSSR count). The van der Waals surface area contributed by atoms with Gasteiger partial charge in [0.1, 0.15) is 6.42 Å². The van der Waals surface area contributed by atoms with Crippen molar-refractivity contribution < 1.29 is 26.4 Å². The van der Waals surface area contributed by atoms with Crippen LogP contribution in [-0.2, 0) is 14.6 Å². The maximum atomic E-state index is 12.3. The van der Waals surface area contributed by atoms with Gasteiger partial charge in [-0.05, 0) is 12.0 Å². The summed E-state index contributed by atoms with van der Waals surface area (Å²) in [6.07, 6.45) is -6.03. The molecule has 8 heteroatoms. The fourth-order valence-electron chi connectivity index (χ4n) is 2.52. The Hall–Kier alpha value is -1.57. The van der Waals surface area contributed by atoms with E-state index in [9.17, 15) is 26.4 Å². The standard InChI is InChI=1S/C14H16F3NO3S/c15-14(16,17)10-13(19)18-7-6-12(22(20,21)9-8-18)11-4-2-1-3-5-11/h1-5,12H,6-10H2/t12-/m0/s1. The Morgan fingerprint density at radius 3 is 2.41 bits per heavy atom. The minimum Gasteiger partial charge on any atom is -0.341 e. The monoisotopic (exact) mass is 335 g/mol. The number of halogens is 3. The summed E-state index contributed by atoms with van der Waals surface area (Å²) in [6, 6.07) is 8.53. The van der Waals surface area contributed by atoms with Crippen LogP contribution in [0.4, 0.5) is 13.2 Å². The van der Waals surface area contributed by atoms with Crippen LogP contribution in [0.2, 0.25) is 0 Å². The van der Waals surface area contributed by atoms with E-state index in [1.807, 2.05) is 0 Å². The quantitative estimate of drug-likeness (QED) is 0.833. The smallest absolute Gasteiger partial charge is 0.341 e. The number of carbonyl (C=O) groups is 1. The van der Waals surface area contributed by atoms with Crippen LogP contribution in [0.5, 0.6) is 0 Å². The van der Waals surface area contributed by atoms with E-state index < -0.39 is 33.6 Å². The molecule has 0 unspecified atom stereocenters. The number of carbonyl (C=O) groups excluding carboxylic acids is 1. The average Bonchev–Trinajstić information content (AvgIpc) is 2.56. The van der Waals surface area contributed by atoms with Crippen LogP contribution in [0.1, 0.15) is 23.7 Å². The zero-order valence-corrected chi connectivity index (χ0v) is 12.5. The molecular weight excluding hydrogens is 319 g/mol. The normalized spacial score (nSPS) is 22.1. The lowest BCUT2D eigenvalue weighted by Crippen LogP contribution is -2.36. The second-order valence-electron chi connectivity index (χ2n) is 5.23. The second-order valence-corrected chi connectivity index (χ2v) is 7.53. The lowest BCUT2D eigenvalue weighted by molar-refractivity contribution is -0.161. The highest BCUT2D eigenvalue weighted by Gasteiger charge is 2.37. The number of sulfone groups is 1. The number of alkyl halides is 3. The lowest BCUT2D eigenvalue weighted by atomic mass is 10.1. The average molecular weight is 335 g/mol. The van der Waals surface area contributed by atoms with E-state index in [1.54, 1.807) is 30.3 Å². The van der Waals surface area contributed by atoms with Gasteiger partial charge in [0, 0.05) is 13.1 Å². The van der Waals surface area contributed by atoms with E-state index in [4.69, 9.17) is 0 Å². The first kappa shape index (κ1) is 16.8. The molecule has 4 nitrogen and oxygen atoms in total. The highest BCUT2D eigenvalue weighted by Crippen LogP contribution is 2.30. The Balaban J connectivity index is 2.15. The summed E-state index contributed by atoms with van der Waals surface area (Å²) in [7, 11) is -3.50. The van der Waals surface area contributed by atoms with Gasteiger partial charge in [-0.25, -0.2) is 8.42 Å². The Bertz CT molecular complexity index is 628. The molecule has 1 saturated heterocycles. The predicted molar refractivity (Wildman–Crippen MR) is 74.8 cm³/mol. The van der Waals surface area contributed by atoms with Crippen LogP contribution in [-0.4, -0.2) is 44.2 Å². The van der Waals surface area contributed by atoms with Crippen molar-refractivity contribution >= 4 is 15.7 Å². The minimum absolute atomic E-state index is 0.00764. The first-order valence-corrected chi connectivity index (χ1v) is 8.51. The van der Waals surface area contributed by atoms with Crippen molar-refractivity contribution in [3.63, 3.8) is 0 Å². The molecule has 1 heterocycles. The second kappa shape index (κ2) is 6.28. The molecule has 1 aliphatic rings. The summed E-state index contributed by atoms with van der Waals surface area (Å²) in [5.41, 5.74) is 0.604. The third-order valence-corrected chi connectivity index (χ3v) is 5.74. The highest BCUT2D eigenvalue weighted by molar-refractivity contribution is 7.91. The lowest BCUT2D eigenvalue weighted by Gasteiger charge is -2.20. The molecular formula is C14H16F3NO3S. The van der Waals surface area contributed by atoms with Crippen molar-refractivity contribution in [2.75, 3.05) is 18.8 Å². The number of benzene rings is 1. The topological polar surface area (TPSA) is 54.5 Å². The molecule has 1 atom stereocenters. The number of hydrogen-bond donors (Lipinski definition) is 0. The van der Waals surface area contributed by atoms with Gasteiger partial charge in [0.2, 0.25) is 5.91 Å². The summed E-state index contributed by atoms with van der Waals surface area (Å²) in [5, 5.41) is -0.780. The summed E-state index contributed by atoms with van der Waals surface area (Å²) >= 11 is 0. The van der Waals surface area contributed by atoms with Gasteiger partial charge in [-0.15, -0.1) is 0 Å². The number of rotatable bonds is 2. The zero-order valence-electron chi connectivity index (χ0n) is 11.7. The van der Waals surface area contributed by atoms with Gasteiger partial charge in [-0.1, -0.05) is 30.3 Å². The van der Waals surface area contributed by atoms with E-state index in [2.05, 4.69) is 0 Å². The van der Waals surface area contributed by atoms with Crippen molar-refractivity contribution in [1.29, 1.82) is 0 Å². The molecule has 0 saturated carbocycles. The Labute approximate surface area is 126 Å². The van der Waals surface area contributed by atoms with Gasteiger partial charge in [-0.3, -0.25) is 4.79 Å². The minimum atomic E-state index is -4.58. The molecule has 0 aromatic heterocycles. The number of hydrogen-bond acceptors (Lipinski definition) is 3. The SMILES string of the molecule is O=C(CC(F)(F)F)N1CC[C@@H](c2ccccc2)S(=O)(=O)CC1. The third-order valence-electron chi connectivity index (χ3n) is 3.62. The number of amides is 1. The fraction of sp³-hybridized carbons (Fsp3) is 0.500. The molecule has 0 spiro atoms. The molecule has 0 N–H and O–H groups in total. The van der Waals surface area contributed by atoms with Crippen molar-refractivity contribution in [2.45, 2.75) is 24.3 Å². The van der Waals surface area contributed by atoms with E-state index >= 15 is 0 Å². The van der Waals surface area contributed by atoms with Crippen LogP contribution >= 0.6 is 0 Å². The van der Waals surface area contributed by atoms with Crippen molar-refractivity contribution in [1.82, 2.24) is 4.90 Å². The molecule has 0 aliphatic carbocycles. The van der Waals surface area contributed by atoms with Crippen LogP contribution in [0.15, 0.2) is 30.3 Å². The van der Waals surface area contributed by atoms with Gasteiger partial charge < -0.3 is 4.90 Å². The molecule has 1 aliphatic heterocycles. The molecule has 122 valence electrons. The van der Waals surface area contributed by atoms with Crippen molar-refractivity contribution in [2.24, 2.45) is 0 Å². The number of nitrogens with zero attached hydrogens (tertiary/aromatic N) is 1. The molecule has 0 radical (unpaired) electrons. The Morgan fingerprint density at radius 1 is 1.18 bits per heavy atom. The third kappa shape index (κ3) is 4.22. The zero-order chi connectivity index (χ0) is 16.4. The van der Waals surface area contributed by atoms with Crippen LogP contribution in [0, 0.1) is 0 Å². The molecule has 1 aromatic rings. The van der Waals surface area contributed by atoms with E-state index in [1.165, 1.54) is 0 Å². The highest BCUT2D eigenvalue weighted by atomic mass is 32.2. The summed E-state index contributed by atoms with van der Waals surface area (Å²) in [4.78, 5) is 12.6. The molecule has 22 heavy (non-hydrogen) atoms. The molecule has 0 bridgehead atoms. The summed E-state index contributed by atoms with van der Waals surface area (Å²) < 4.78 is 61.5. The van der Waals surface area contributed by atoms with Gasteiger partial charge in [0.25, 0.3) is 0 Å². The summed E-state index contributed by atoms with van der Waals surface area (Å²) in [5.74, 6) is -1.40. The van der Waals surface area contributed by atoms with Crippen molar-refractivity contribution in [3.8, 4) is 0 Å². The van der Waals surface area contributed by atoms with Crippen LogP contribution in [0.25, 0.3) is 0 Å².